The molecule has 0 bridgehead atoms. The van der Waals surface area contributed by atoms with Gasteiger partial charge in [0.1, 0.15) is 0 Å². The maximum absolute atomic E-state index is 5.67. The molecule has 47 valence electrons. The number of pyridine rings is 1. The van der Waals surface area contributed by atoms with Gasteiger partial charge >= 0.3 is 0 Å². The quantitative estimate of drug-likeness (QED) is 0.616. The summed E-state index contributed by atoms with van der Waals surface area (Å²) in [4.78, 5) is 3.82. The topological polar surface area (TPSA) is 12.9 Å². The maximum atomic E-state index is 5.67. The van der Waals surface area contributed by atoms with Crippen LogP contribution in [0, 0.1) is 5.88 Å². The molecule has 0 saturated heterocycles. The van der Waals surface area contributed by atoms with Crippen molar-refractivity contribution < 1.29 is 0 Å². The molecule has 0 spiro atoms. The first-order valence-corrected chi connectivity index (χ1v) is 3.19. The molecular formula is C6H4Cl2N. The van der Waals surface area contributed by atoms with E-state index in [4.69, 9.17) is 23.2 Å². The average Bonchev–Trinajstić information content (AvgIpc) is 1.89. The van der Waals surface area contributed by atoms with E-state index in [1.54, 1.807) is 18.5 Å². The van der Waals surface area contributed by atoms with Crippen molar-refractivity contribution in [2.45, 2.75) is 0 Å². The Hall–Kier alpha value is -0.270. The average molecular weight is 161 g/mol. The van der Waals surface area contributed by atoms with Crippen molar-refractivity contribution in [3.05, 3.63) is 34.9 Å². The first-order chi connectivity index (χ1) is 4.34. The molecule has 1 rings (SSSR count). The summed E-state index contributed by atoms with van der Waals surface area (Å²) in [6, 6.07) is 1.69. The van der Waals surface area contributed by atoms with Crippen LogP contribution in [-0.4, -0.2) is 4.98 Å². The molecule has 0 unspecified atom stereocenters. The second kappa shape index (κ2) is 3.04. The maximum Gasteiger partial charge on any atom is 0.0820 e. The van der Waals surface area contributed by atoms with Gasteiger partial charge in [-0.2, -0.15) is 0 Å². The standard InChI is InChI=1S/C6H4Cl2N/c7-3-5-4-9-2-1-6(5)8/h1-4H. The lowest BCUT2D eigenvalue weighted by atomic mass is 10.3. The van der Waals surface area contributed by atoms with Crippen molar-refractivity contribution >= 4 is 23.2 Å². The zero-order chi connectivity index (χ0) is 6.69. The van der Waals surface area contributed by atoms with Crippen molar-refractivity contribution in [2.75, 3.05) is 0 Å². The molecule has 0 aliphatic heterocycles. The first-order valence-electron chi connectivity index (χ1n) is 2.37. The minimum Gasteiger partial charge on any atom is -0.264 e. The van der Waals surface area contributed by atoms with Crippen LogP contribution in [0.15, 0.2) is 18.5 Å². The molecular weight excluding hydrogens is 157 g/mol. The summed E-state index contributed by atoms with van der Waals surface area (Å²) in [5, 5.41) is 0.625. The lowest BCUT2D eigenvalue weighted by Crippen LogP contribution is -1.78. The van der Waals surface area contributed by atoms with E-state index in [1.807, 2.05) is 0 Å². The van der Waals surface area contributed by atoms with Gasteiger partial charge in [-0.3, -0.25) is 4.98 Å². The van der Waals surface area contributed by atoms with Gasteiger partial charge in [-0.15, -0.1) is 11.6 Å². The summed E-state index contributed by atoms with van der Waals surface area (Å²) in [7, 11) is 0. The highest BCUT2D eigenvalue weighted by molar-refractivity contribution is 6.33. The third-order valence-electron chi connectivity index (χ3n) is 0.914. The van der Waals surface area contributed by atoms with E-state index in [1.165, 1.54) is 5.88 Å². The predicted molar refractivity (Wildman–Crippen MR) is 38.5 cm³/mol. The van der Waals surface area contributed by atoms with Gasteiger partial charge in [0.25, 0.3) is 0 Å². The van der Waals surface area contributed by atoms with Crippen LogP contribution in [0.5, 0.6) is 0 Å². The molecule has 1 nitrogen and oxygen atoms in total. The van der Waals surface area contributed by atoms with Crippen molar-refractivity contribution in [1.29, 1.82) is 0 Å². The lowest BCUT2D eigenvalue weighted by Gasteiger charge is -1.93. The molecule has 9 heavy (non-hydrogen) atoms. The number of hydrogen-bond acceptors (Lipinski definition) is 1. The van der Waals surface area contributed by atoms with Gasteiger partial charge in [0.15, 0.2) is 0 Å². The first kappa shape index (κ1) is 6.84. The summed E-state index contributed by atoms with van der Waals surface area (Å²) in [5.41, 5.74) is 0.751. The van der Waals surface area contributed by atoms with Crippen molar-refractivity contribution in [3.63, 3.8) is 0 Å². The van der Waals surface area contributed by atoms with E-state index < -0.39 is 0 Å². The SMILES string of the molecule is Cl[CH]c1cnccc1Cl. The van der Waals surface area contributed by atoms with Gasteiger partial charge < -0.3 is 0 Å². The van der Waals surface area contributed by atoms with Crippen LogP contribution in [0.1, 0.15) is 5.56 Å². The summed E-state index contributed by atoms with van der Waals surface area (Å²) in [5.74, 6) is 1.40. The van der Waals surface area contributed by atoms with E-state index in [-0.39, 0.29) is 0 Å². The van der Waals surface area contributed by atoms with Crippen LogP contribution >= 0.6 is 23.2 Å². The van der Waals surface area contributed by atoms with Crippen molar-refractivity contribution in [3.8, 4) is 0 Å². The molecule has 1 radical (unpaired) electrons. The Bertz CT molecular complexity index is 200. The van der Waals surface area contributed by atoms with Crippen LogP contribution < -0.4 is 0 Å². The fourth-order valence-electron chi connectivity index (χ4n) is 0.470. The number of aromatic nitrogens is 1. The van der Waals surface area contributed by atoms with E-state index in [0.29, 0.717) is 5.02 Å². The Morgan fingerprint density at radius 2 is 2.33 bits per heavy atom. The third-order valence-corrected chi connectivity index (χ3v) is 1.49. The number of hydrogen-bond donors (Lipinski definition) is 0. The molecule has 0 N–H and O–H groups in total. The molecule has 1 aromatic heterocycles. The van der Waals surface area contributed by atoms with Crippen molar-refractivity contribution in [2.24, 2.45) is 0 Å². The second-order valence-corrected chi connectivity index (χ2v) is 2.13. The molecule has 1 heterocycles. The summed E-state index contributed by atoms with van der Waals surface area (Å²) < 4.78 is 0. The van der Waals surface area contributed by atoms with Crippen LogP contribution in [0.4, 0.5) is 0 Å². The second-order valence-electron chi connectivity index (χ2n) is 1.51. The number of halogens is 2. The number of rotatable bonds is 1. The van der Waals surface area contributed by atoms with Crippen LogP contribution in [0.3, 0.4) is 0 Å². The van der Waals surface area contributed by atoms with E-state index in [9.17, 15) is 0 Å². The number of nitrogens with zero attached hydrogens (tertiary/aromatic N) is 1. The van der Waals surface area contributed by atoms with Crippen LogP contribution in [0.25, 0.3) is 0 Å². The third kappa shape index (κ3) is 1.57. The highest BCUT2D eigenvalue weighted by Gasteiger charge is 1.94. The molecule has 0 amide bonds. The Morgan fingerprint density at radius 1 is 1.56 bits per heavy atom. The smallest absolute Gasteiger partial charge is 0.0820 e. The minimum atomic E-state index is 0.625. The Labute approximate surface area is 63.6 Å². The molecule has 0 aliphatic carbocycles. The van der Waals surface area contributed by atoms with Gasteiger partial charge in [-0.25, -0.2) is 0 Å². The predicted octanol–water partition coefficient (Wildman–Crippen LogP) is 2.48. The monoisotopic (exact) mass is 160 g/mol. The zero-order valence-corrected chi connectivity index (χ0v) is 6.02. The van der Waals surface area contributed by atoms with E-state index >= 15 is 0 Å². The minimum absolute atomic E-state index is 0.625. The fourth-order valence-corrected chi connectivity index (χ4v) is 0.859. The van der Waals surface area contributed by atoms with Crippen LogP contribution in [0.2, 0.25) is 5.02 Å². The Balaban J connectivity index is 3.01. The summed E-state index contributed by atoms with van der Waals surface area (Å²) in [6.07, 6.45) is 3.22. The zero-order valence-electron chi connectivity index (χ0n) is 4.51. The molecule has 3 heteroatoms. The molecule has 0 saturated carbocycles. The Kier molecular flexibility index (Phi) is 2.31. The lowest BCUT2D eigenvalue weighted by molar-refractivity contribution is 1.30. The summed E-state index contributed by atoms with van der Waals surface area (Å²) >= 11 is 11.1. The largest absolute Gasteiger partial charge is 0.264 e. The van der Waals surface area contributed by atoms with Crippen molar-refractivity contribution in [1.82, 2.24) is 4.98 Å². The highest BCUT2D eigenvalue weighted by atomic mass is 35.5. The molecule has 0 aliphatic rings. The van der Waals surface area contributed by atoms with E-state index in [0.717, 1.165) is 5.56 Å². The van der Waals surface area contributed by atoms with Gasteiger partial charge in [-0.1, -0.05) is 11.6 Å². The summed E-state index contributed by atoms with van der Waals surface area (Å²) in [6.45, 7) is 0. The van der Waals surface area contributed by atoms with Crippen LogP contribution in [-0.2, 0) is 0 Å². The molecule has 0 aromatic carbocycles. The normalized spacial score (nSPS) is 9.56. The highest BCUT2D eigenvalue weighted by Crippen LogP contribution is 2.16. The van der Waals surface area contributed by atoms with E-state index in [2.05, 4.69) is 4.98 Å². The molecule has 0 fully saturated rings. The van der Waals surface area contributed by atoms with Gasteiger partial charge in [-0.05, 0) is 6.07 Å². The van der Waals surface area contributed by atoms with Gasteiger partial charge in [0.05, 0.1) is 5.88 Å². The molecule has 0 atom stereocenters. The fraction of sp³-hybridized carbons (Fsp3) is 0. The molecule has 1 aromatic rings. The Morgan fingerprint density at radius 3 is 2.78 bits per heavy atom. The van der Waals surface area contributed by atoms with Gasteiger partial charge in [0, 0.05) is 23.0 Å². The van der Waals surface area contributed by atoms with Gasteiger partial charge in [0.2, 0.25) is 0 Å².